The summed E-state index contributed by atoms with van der Waals surface area (Å²) in [4.78, 5) is 22.5. The lowest BCUT2D eigenvalue weighted by Gasteiger charge is -2.08. The van der Waals surface area contributed by atoms with Crippen LogP contribution in [0.3, 0.4) is 0 Å². The summed E-state index contributed by atoms with van der Waals surface area (Å²) in [6, 6.07) is 11.2. The molecule has 96 valence electrons. The van der Waals surface area contributed by atoms with E-state index in [1.54, 1.807) is 30.3 Å². The standard InChI is InChI=1S/C14H8Cl2O3/c15-11-6-9(8-17)7-12(16)13(11)19-14(18)10-4-2-1-3-5-10/h1-8H. The van der Waals surface area contributed by atoms with Crippen molar-refractivity contribution in [2.75, 3.05) is 0 Å². The number of hydrogen-bond donors (Lipinski definition) is 0. The van der Waals surface area contributed by atoms with Crippen LogP contribution in [0.25, 0.3) is 0 Å². The molecule has 19 heavy (non-hydrogen) atoms. The van der Waals surface area contributed by atoms with Crippen LogP contribution in [0.1, 0.15) is 20.7 Å². The second kappa shape index (κ2) is 5.87. The first-order chi connectivity index (χ1) is 9.11. The van der Waals surface area contributed by atoms with E-state index in [-0.39, 0.29) is 15.8 Å². The van der Waals surface area contributed by atoms with Crippen LogP contribution in [0.4, 0.5) is 0 Å². The van der Waals surface area contributed by atoms with Crippen LogP contribution < -0.4 is 4.74 Å². The predicted molar refractivity (Wildman–Crippen MR) is 73.3 cm³/mol. The average Bonchev–Trinajstić information content (AvgIpc) is 2.43. The van der Waals surface area contributed by atoms with Gasteiger partial charge in [-0.05, 0) is 24.3 Å². The maximum Gasteiger partial charge on any atom is 0.343 e. The summed E-state index contributed by atoms with van der Waals surface area (Å²) in [5.41, 5.74) is 0.698. The fourth-order valence-corrected chi connectivity index (χ4v) is 2.05. The fourth-order valence-electron chi connectivity index (χ4n) is 1.47. The van der Waals surface area contributed by atoms with Gasteiger partial charge in [-0.1, -0.05) is 41.4 Å². The summed E-state index contributed by atoms with van der Waals surface area (Å²) >= 11 is 11.8. The summed E-state index contributed by atoms with van der Waals surface area (Å²) in [7, 11) is 0. The van der Waals surface area contributed by atoms with Crippen molar-refractivity contribution in [1.82, 2.24) is 0 Å². The van der Waals surface area contributed by atoms with Gasteiger partial charge in [0.2, 0.25) is 0 Å². The first kappa shape index (κ1) is 13.6. The molecule has 0 saturated heterocycles. The monoisotopic (exact) mass is 294 g/mol. The van der Waals surface area contributed by atoms with E-state index in [2.05, 4.69) is 0 Å². The Kier molecular flexibility index (Phi) is 4.20. The molecule has 0 atom stereocenters. The molecular weight excluding hydrogens is 287 g/mol. The largest absolute Gasteiger partial charge is 0.420 e. The molecule has 2 aromatic rings. The summed E-state index contributed by atoms with van der Waals surface area (Å²) in [5.74, 6) is -0.522. The highest BCUT2D eigenvalue weighted by molar-refractivity contribution is 6.37. The maximum atomic E-state index is 11.9. The third kappa shape index (κ3) is 3.13. The van der Waals surface area contributed by atoms with Gasteiger partial charge in [0.05, 0.1) is 15.6 Å². The molecular formula is C14H8Cl2O3. The Morgan fingerprint density at radius 3 is 2.16 bits per heavy atom. The molecule has 0 aliphatic carbocycles. The van der Waals surface area contributed by atoms with Gasteiger partial charge in [-0.15, -0.1) is 0 Å². The maximum absolute atomic E-state index is 11.9. The highest BCUT2D eigenvalue weighted by atomic mass is 35.5. The number of carbonyl (C=O) groups excluding carboxylic acids is 2. The number of halogens is 2. The highest BCUT2D eigenvalue weighted by Gasteiger charge is 2.15. The van der Waals surface area contributed by atoms with Gasteiger partial charge in [0.25, 0.3) is 0 Å². The van der Waals surface area contributed by atoms with Crippen molar-refractivity contribution in [3.05, 3.63) is 63.6 Å². The zero-order valence-electron chi connectivity index (χ0n) is 9.60. The molecule has 0 amide bonds. The molecule has 0 heterocycles. The molecule has 0 spiro atoms. The first-order valence-corrected chi connectivity index (χ1v) is 6.09. The van der Waals surface area contributed by atoms with Gasteiger partial charge in [-0.25, -0.2) is 4.79 Å². The van der Waals surface area contributed by atoms with Crippen LogP contribution in [-0.4, -0.2) is 12.3 Å². The van der Waals surface area contributed by atoms with Gasteiger partial charge in [-0.2, -0.15) is 0 Å². The van der Waals surface area contributed by atoms with Gasteiger partial charge < -0.3 is 4.74 Å². The van der Waals surface area contributed by atoms with E-state index in [0.717, 1.165) is 0 Å². The molecule has 0 bridgehead atoms. The highest BCUT2D eigenvalue weighted by Crippen LogP contribution is 2.34. The lowest BCUT2D eigenvalue weighted by molar-refractivity contribution is 0.0735. The van der Waals surface area contributed by atoms with Gasteiger partial charge in [0.15, 0.2) is 5.75 Å². The minimum Gasteiger partial charge on any atom is -0.420 e. The molecule has 0 aromatic heterocycles. The molecule has 2 rings (SSSR count). The summed E-state index contributed by atoms with van der Waals surface area (Å²) in [6.45, 7) is 0. The lowest BCUT2D eigenvalue weighted by Crippen LogP contribution is -2.09. The molecule has 0 unspecified atom stereocenters. The Hall–Kier alpha value is -1.84. The zero-order valence-corrected chi connectivity index (χ0v) is 11.1. The van der Waals surface area contributed by atoms with Crippen molar-refractivity contribution in [1.29, 1.82) is 0 Å². The SMILES string of the molecule is O=Cc1cc(Cl)c(OC(=O)c2ccccc2)c(Cl)c1. The fraction of sp³-hybridized carbons (Fsp3) is 0. The topological polar surface area (TPSA) is 43.4 Å². The molecule has 5 heteroatoms. The molecule has 0 radical (unpaired) electrons. The third-order valence-corrected chi connectivity index (χ3v) is 2.92. The van der Waals surface area contributed by atoms with Crippen molar-refractivity contribution < 1.29 is 14.3 Å². The van der Waals surface area contributed by atoms with Crippen LogP contribution in [0, 0.1) is 0 Å². The Labute approximate surface area is 119 Å². The summed E-state index contributed by atoms with van der Waals surface area (Å²) in [5, 5.41) is 0.220. The zero-order chi connectivity index (χ0) is 13.8. The van der Waals surface area contributed by atoms with Crippen LogP contribution >= 0.6 is 23.2 Å². The Balaban J connectivity index is 2.29. The smallest absolute Gasteiger partial charge is 0.343 e. The van der Waals surface area contributed by atoms with E-state index in [4.69, 9.17) is 27.9 Å². The quantitative estimate of drug-likeness (QED) is 0.488. The number of hydrogen-bond acceptors (Lipinski definition) is 3. The van der Waals surface area contributed by atoms with Gasteiger partial charge >= 0.3 is 5.97 Å². The molecule has 2 aromatic carbocycles. The number of aldehydes is 1. The molecule has 0 aliphatic heterocycles. The first-order valence-electron chi connectivity index (χ1n) is 5.33. The second-order valence-corrected chi connectivity index (χ2v) is 4.50. The van der Waals surface area contributed by atoms with E-state index >= 15 is 0 Å². The summed E-state index contributed by atoms with van der Waals surface area (Å²) in [6.07, 6.45) is 0.612. The number of esters is 1. The van der Waals surface area contributed by atoms with Gasteiger partial charge in [0.1, 0.15) is 6.29 Å². The minimum atomic E-state index is -0.566. The molecule has 0 aliphatic rings. The normalized spacial score (nSPS) is 10.0. The van der Waals surface area contributed by atoms with Crippen molar-refractivity contribution in [2.24, 2.45) is 0 Å². The molecule has 0 fully saturated rings. The number of benzene rings is 2. The number of ether oxygens (including phenoxy) is 1. The van der Waals surface area contributed by atoms with E-state index in [1.807, 2.05) is 0 Å². The van der Waals surface area contributed by atoms with Gasteiger partial charge in [0, 0.05) is 5.56 Å². The van der Waals surface area contributed by atoms with Crippen molar-refractivity contribution in [2.45, 2.75) is 0 Å². The minimum absolute atomic E-state index is 0.0442. The van der Waals surface area contributed by atoms with Crippen molar-refractivity contribution in [3.63, 3.8) is 0 Å². The Bertz CT molecular complexity index is 601. The molecule has 0 saturated carbocycles. The molecule has 3 nitrogen and oxygen atoms in total. The predicted octanol–water partition coefficient (Wildman–Crippen LogP) is 4.03. The number of carbonyl (C=O) groups is 2. The second-order valence-electron chi connectivity index (χ2n) is 3.69. The van der Waals surface area contributed by atoms with E-state index in [1.165, 1.54) is 12.1 Å². The third-order valence-electron chi connectivity index (χ3n) is 2.36. The number of rotatable bonds is 3. The average molecular weight is 295 g/mol. The van der Waals surface area contributed by atoms with Gasteiger partial charge in [-0.3, -0.25) is 4.79 Å². The Morgan fingerprint density at radius 2 is 1.63 bits per heavy atom. The van der Waals surface area contributed by atoms with Crippen LogP contribution in [0.15, 0.2) is 42.5 Å². The van der Waals surface area contributed by atoms with Crippen molar-refractivity contribution >= 4 is 35.5 Å². The van der Waals surface area contributed by atoms with E-state index in [9.17, 15) is 9.59 Å². The Morgan fingerprint density at radius 1 is 1.05 bits per heavy atom. The lowest BCUT2D eigenvalue weighted by atomic mass is 10.2. The van der Waals surface area contributed by atoms with Crippen molar-refractivity contribution in [3.8, 4) is 5.75 Å². The molecule has 0 N–H and O–H groups in total. The van der Waals surface area contributed by atoms with E-state index in [0.29, 0.717) is 17.4 Å². The van der Waals surface area contributed by atoms with Crippen LogP contribution in [-0.2, 0) is 0 Å². The van der Waals surface area contributed by atoms with Crippen LogP contribution in [0.5, 0.6) is 5.75 Å². The summed E-state index contributed by atoms with van der Waals surface area (Å²) < 4.78 is 5.14. The van der Waals surface area contributed by atoms with E-state index < -0.39 is 5.97 Å². The van der Waals surface area contributed by atoms with Crippen LogP contribution in [0.2, 0.25) is 10.0 Å².